The van der Waals surface area contributed by atoms with Gasteiger partial charge in [0.25, 0.3) is 0 Å². The second kappa shape index (κ2) is 5.13. The van der Waals surface area contributed by atoms with Gasteiger partial charge in [-0.1, -0.05) is 18.2 Å². The molecule has 0 spiro atoms. The number of aromatic nitrogens is 2. The van der Waals surface area contributed by atoms with Gasteiger partial charge in [-0.15, -0.1) is 0 Å². The van der Waals surface area contributed by atoms with Crippen molar-refractivity contribution < 1.29 is 0 Å². The molecule has 3 N–H and O–H groups in total. The predicted octanol–water partition coefficient (Wildman–Crippen LogP) is 2.62. The van der Waals surface area contributed by atoms with Crippen LogP contribution in [-0.2, 0) is 0 Å². The van der Waals surface area contributed by atoms with Crippen molar-refractivity contribution in [2.45, 2.75) is 44.7 Å². The smallest absolute Gasteiger partial charge is 0.223 e. The maximum atomic E-state index is 5.93. The van der Waals surface area contributed by atoms with E-state index >= 15 is 0 Å². The summed E-state index contributed by atoms with van der Waals surface area (Å²) < 4.78 is 0. The Morgan fingerprint density at radius 3 is 2.63 bits per heavy atom. The number of nitrogens with two attached hydrogens (primary N) is 1. The number of anilines is 1. The van der Waals surface area contributed by atoms with Crippen LogP contribution in [0.5, 0.6) is 0 Å². The third kappa shape index (κ3) is 2.68. The Balaban J connectivity index is 1.81. The quantitative estimate of drug-likeness (QED) is 0.867. The molecular formula is C15H20N4. The molecule has 1 saturated carbocycles. The Hall–Kier alpha value is -1.68. The number of hydrogen-bond donors (Lipinski definition) is 2. The minimum atomic E-state index is 0.373. The van der Waals surface area contributed by atoms with Crippen LogP contribution in [0.15, 0.2) is 24.3 Å². The van der Waals surface area contributed by atoms with E-state index in [0.29, 0.717) is 12.1 Å². The van der Waals surface area contributed by atoms with E-state index in [-0.39, 0.29) is 0 Å². The molecule has 0 atom stereocenters. The summed E-state index contributed by atoms with van der Waals surface area (Å²) in [7, 11) is 0. The van der Waals surface area contributed by atoms with E-state index in [1.54, 1.807) is 0 Å². The third-order valence-electron chi connectivity index (χ3n) is 3.90. The summed E-state index contributed by atoms with van der Waals surface area (Å²) in [5, 5.41) is 4.58. The molecule has 0 aliphatic heterocycles. The van der Waals surface area contributed by atoms with Crippen molar-refractivity contribution in [3.8, 4) is 0 Å². The fourth-order valence-corrected chi connectivity index (χ4v) is 2.75. The third-order valence-corrected chi connectivity index (χ3v) is 3.90. The molecule has 4 nitrogen and oxygen atoms in total. The Kier molecular flexibility index (Phi) is 3.34. The first-order valence-electron chi connectivity index (χ1n) is 6.98. The fraction of sp³-hybridized carbons (Fsp3) is 0.467. The molecule has 1 aliphatic rings. The first kappa shape index (κ1) is 12.4. The van der Waals surface area contributed by atoms with Gasteiger partial charge in [0, 0.05) is 17.5 Å². The highest BCUT2D eigenvalue weighted by molar-refractivity contribution is 5.81. The van der Waals surface area contributed by atoms with Gasteiger partial charge in [-0.3, -0.25) is 0 Å². The summed E-state index contributed by atoms with van der Waals surface area (Å²) in [4.78, 5) is 9.16. The minimum absolute atomic E-state index is 0.373. The number of nitrogens with zero attached hydrogens (tertiary/aromatic N) is 2. The van der Waals surface area contributed by atoms with Gasteiger partial charge in [0.15, 0.2) is 0 Å². The molecular weight excluding hydrogens is 236 g/mol. The predicted molar refractivity (Wildman–Crippen MR) is 78.1 cm³/mol. The van der Waals surface area contributed by atoms with Crippen LogP contribution in [0.25, 0.3) is 10.9 Å². The summed E-state index contributed by atoms with van der Waals surface area (Å²) in [6, 6.07) is 8.96. The maximum Gasteiger partial charge on any atom is 0.223 e. The zero-order valence-electron chi connectivity index (χ0n) is 11.3. The van der Waals surface area contributed by atoms with Crippen molar-refractivity contribution in [1.29, 1.82) is 0 Å². The molecule has 0 amide bonds. The zero-order valence-corrected chi connectivity index (χ0v) is 11.3. The van der Waals surface area contributed by atoms with Crippen LogP contribution in [0.3, 0.4) is 0 Å². The molecule has 1 fully saturated rings. The van der Waals surface area contributed by atoms with Gasteiger partial charge in [0.05, 0.1) is 11.2 Å². The van der Waals surface area contributed by atoms with Crippen LogP contribution in [0, 0.1) is 6.92 Å². The molecule has 0 bridgehead atoms. The highest BCUT2D eigenvalue weighted by atomic mass is 15.1. The molecule has 1 aliphatic carbocycles. The first-order valence-corrected chi connectivity index (χ1v) is 6.98. The lowest BCUT2D eigenvalue weighted by Gasteiger charge is -2.26. The van der Waals surface area contributed by atoms with Crippen LogP contribution < -0.4 is 11.1 Å². The number of aryl methyl sites for hydroxylation is 1. The van der Waals surface area contributed by atoms with E-state index in [0.717, 1.165) is 48.2 Å². The number of para-hydroxylation sites is 1. The summed E-state index contributed by atoms with van der Waals surface area (Å²) in [5.74, 6) is 0.747. The molecule has 0 unspecified atom stereocenters. The average Bonchev–Trinajstić information content (AvgIpc) is 2.42. The van der Waals surface area contributed by atoms with Crippen molar-refractivity contribution >= 4 is 16.9 Å². The van der Waals surface area contributed by atoms with Crippen LogP contribution in [0.2, 0.25) is 0 Å². The van der Waals surface area contributed by atoms with Crippen LogP contribution >= 0.6 is 0 Å². The molecule has 0 radical (unpaired) electrons. The molecule has 0 saturated heterocycles. The lowest BCUT2D eigenvalue weighted by molar-refractivity contribution is 0.410. The van der Waals surface area contributed by atoms with Gasteiger partial charge in [0.1, 0.15) is 0 Å². The van der Waals surface area contributed by atoms with E-state index in [2.05, 4.69) is 21.4 Å². The van der Waals surface area contributed by atoms with E-state index in [1.807, 2.05) is 25.1 Å². The van der Waals surface area contributed by atoms with Gasteiger partial charge in [-0.2, -0.15) is 0 Å². The average molecular weight is 256 g/mol. The summed E-state index contributed by atoms with van der Waals surface area (Å²) in [6.45, 7) is 2.03. The van der Waals surface area contributed by atoms with Crippen LogP contribution in [0.4, 0.5) is 5.95 Å². The molecule has 2 aromatic rings. The largest absolute Gasteiger partial charge is 0.351 e. The Morgan fingerprint density at radius 1 is 1.11 bits per heavy atom. The standard InChI is InChI=1S/C15H20N4/c1-10-13-4-2-3-5-14(13)19-15(17-10)18-12-8-6-11(16)7-9-12/h2-5,11-12H,6-9,16H2,1H3,(H,17,18,19). The zero-order chi connectivity index (χ0) is 13.2. The fourth-order valence-electron chi connectivity index (χ4n) is 2.75. The molecule has 3 rings (SSSR count). The van der Waals surface area contributed by atoms with E-state index in [4.69, 9.17) is 5.73 Å². The van der Waals surface area contributed by atoms with E-state index in [1.165, 1.54) is 0 Å². The topological polar surface area (TPSA) is 63.8 Å². The molecule has 100 valence electrons. The van der Waals surface area contributed by atoms with Crippen LogP contribution in [-0.4, -0.2) is 22.1 Å². The monoisotopic (exact) mass is 256 g/mol. The lowest BCUT2D eigenvalue weighted by atomic mass is 9.92. The maximum absolute atomic E-state index is 5.93. The second-order valence-electron chi connectivity index (χ2n) is 5.41. The normalized spacial score (nSPS) is 23.5. The summed E-state index contributed by atoms with van der Waals surface area (Å²) in [6.07, 6.45) is 4.39. The van der Waals surface area contributed by atoms with E-state index < -0.39 is 0 Å². The van der Waals surface area contributed by atoms with Crippen molar-refractivity contribution in [1.82, 2.24) is 9.97 Å². The SMILES string of the molecule is Cc1nc(NC2CCC(N)CC2)nc2ccccc12. The number of hydrogen-bond acceptors (Lipinski definition) is 4. The highest BCUT2D eigenvalue weighted by Crippen LogP contribution is 2.22. The minimum Gasteiger partial charge on any atom is -0.351 e. The molecule has 1 aromatic heterocycles. The van der Waals surface area contributed by atoms with Crippen LogP contribution in [0.1, 0.15) is 31.4 Å². The first-order chi connectivity index (χ1) is 9.22. The van der Waals surface area contributed by atoms with Crippen molar-refractivity contribution in [2.75, 3.05) is 5.32 Å². The van der Waals surface area contributed by atoms with Crippen molar-refractivity contribution in [3.05, 3.63) is 30.0 Å². The van der Waals surface area contributed by atoms with E-state index in [9.17, 15) is 0 Å². The van der Waals surface area contributed by atoms with Gasteiger partial charge < -0.3 is 11.1 Å². The number of nitrogens with one attached hydrogen (secondary N) is 1. The van der Waals surface area contributed by atoms with Gasteiger partial charge in [0.2, 0.25) is 5.95 Å². The summed E-state index contributed by atoms with van der Waals surface area (Å²) in [5.41, 5.74) is 7.96. The van der Waals surface area contributed by atoms with Crippen molar-refractivity contribution in [3.63, 3.8) is 0 Å². The highest BCUT2D eigenvalue weighted by Gasteiger charge is 2.19. The second-order valence-corrected chi connectivity index (χ2v) is 5.41. The molecule has 4 heteroatoms. The Morgan fingerprint density at radius 2 is 1.84 bits per heavy atom. The number of fused-ring (bicyclic) bond motifs is 1. The Labute approximate surface area is 113 Å². The molecule has 19 heavy (non-hydrogen) atoms. The number of rotatable bonds is 2. The lowest BCUT2D eigenvalue weighted by Crippen LogP contribution is -2.33. The number of benzene rings is 1. The van der Waals surface area contributed by atoms with Crippen molar-refractivity contribution in [2.24, 2.45) is 5.73 Å². The molecule has 1 aromatic carbocycles. The summed E-state index contributed by atoms with van der Waals surface area (Å²) >= 11 is 0. The molecule has 1 heterocycles. The van der Waals surface area contributed by atoms with Gasteiger partial charge in [-0.05, 0) is 38.7 Å². The van der Waals surface area contributed by atoms with Gasteiger partial charge >= 0.3 is 0 Å². The Bertz CT molecular complexity index is 573. The van der Waals surface area contributed by atoms with Gasteiger partial charge in [-0.25, -0.2) is 9.97 Å².